The summed E-state index contributed by atoms with van der Waals surface area (Å²) in [6.45, 7) is 3.86. The van der Waals surface area contributed by atoms with Gasteiger partial charge in [0.15, 0.2) is 0 Å². The third kappa shape index (κ3) is 7.56. The van der Waals surface area contributed by atoms with Crippen LogP contribution in [0.4, 0.5) is 0 Å². The molecule has 0 N–H and O–H groups in total. The maximum Gasteiger partial charge on any atom is 1.00 e. The van der Waals surface area contributed by atoms with Crippen molar-refractivity contribution < 1.29 is 36.0 Å². The van der Waals surface area contributed by atoms with E-state index in [0.29, 0.717) is 32.8 Å². The van der Waals surface area contributed by atoms with Gasteiger partial charge >= 0.3 is 17.1 Å². The zero-order valence-electron chi connectivity index (χ0n) is 17.9. The van der Waals surface area contributed by atoms with E-state index in [2.05, 4.69) is 36.4 Å². The van der Waals surface area contributed by atoms with Crippen molar-refractivity contribution in [2.45, 2.75) is 44.6 Å². The van der Waals surface area contributed by atoms with Crippen LogP contribution in [0.1, 0.15) is 23.1 Å². The molecule has 4 rings (SSSR count). The van der Waals surface area contributed by atoms with Gasteiger partial charge in [-0.25, -0.2) is 6.61 Å². The van der Waals surface area contributed by atoms with Gasteiger partial charge in [-0.05, 0) is 16.7 Å². The standard InChI is InChI=1S/C27H29O4.Cu/c1-4-10-22(11-5-1)18-28-21-26-27(31-20-24-14-8-3-9-15-24)25(16-17-29-26)30-19-23-12-6-2-7-13-23;/h1-15,17,25-27H,16,18-21H2;/q-1;+1/t25-,26-,27+;/m1./s1. The largest absolute Gasteiger partial charge is 1.00 e. The summed E-state index contributed by atoms with van der Waals surface area (Å²) in [5, 5.41) is 0. The fraction of sp³-hybridized carbons (Fsp3) is 0.296. The number of benzene rings is 3. The zero-order chi connectivity index (χ0) is 21.1. The summed E-state index contributed by atoms with van der Waals surface area (Å²) < 4.78 is 24.5. The third-order valence-electron chi connectivity index (χ3n) is 5.32. The molecule has 1 heterocycles. The Labute approximate surface area is 201 Å². The van der Waals surface area contributed by atoms with Crippen LogP contribution in [0.15, 0.2) is 91.0 Å². The van der Waals surface area contributed by atoms with Crippen LogP contribution in [0.25, 0.3) is 0 Å². The minimum Gasteiger partial charge on any atom is -0.546 e. The second-order valence-electron chi connectivity index (χ2n) is 7.67. The second kappa shape index (κ2) is 13.5. The van der Waals surface area contributed by atoms with Crippen LogP contribution < -0.4 is 0 Å². The van der Waals surface area contributed by atoms with Gasteiger partial charge in [0.2, 0.25) is 0 Å². The number of ether oxygens (including phenoxy) is 4. The predicted octanol–water partition coefficient (Wildman–Crippen LogP) is 5.32. The fourth-order valence-electron chi connectivity index (χ4n) is 3.65. The average molecular weight is 481 g/mol. The molecule has 1 saturated heterocycles. The van der Waals surface area contributed by atoms with Gasteiger partial charge in [0, 0.05) is 0 Å². The van der Waals surface area contributed by atoms with Crippen molar-refractivity contribution in [1.82, 2.24) is 0 Å². The molecule has 3 aromatic rings. The first-order valence-electron chi connectivity index (χ1n) is 10.8. The molecule has 0 unspecified atom stereocenters. The fourth-order valence-corrected chi connectivity index (χ4v) is 3.65. The number of hydrogen-bond donors (Lipinski definition) is 0. The van der Waals surface area contributed by atoms with Gasteiger partial charge in [0.1, 0.15) is 6.10 Å². The Morgan fingerprint density at radius 3 is 1.75 bits per heavy atom. The topological polar surface area (TPSA) is 36.9 Å². The predicted molar refractivity (Wildman–Crippen MR) is 120 cm³/mol. The normalized spacial score (nSPS) is 20.4. The van der Waals surface area contributed by atoms with Crippen LogP contribution in [0, 0.1) is 6.61 Å². The maximum absolute atomic E-state index is 6.34. The molecule has 0 spiro atoms. The molecule has 5 heteroatoms. The molecule has 0 aromatic heterocycles. The van der Waals surface area contributed by atoms with Crippen LogP contribution in [-0.4, -0.2) is 24.9 Å². The molecule has 0 amide bonds. The zero-order valence-corrected chi connectivity index (χ0v) is 18.9. The van der Waals surface area contributed by atoms with E-state index in [9.17, 15) is 0 Å². The van der Waals surface area contributed by atoms with Gasteiger partial charge in [-0.15, -0.1) is 6.42 Å². The van der Waals surface area contributed by atoms with E-state index in [1.165, 1.54) is 0 Å². The smallest absolute Gasteiger partial charge is 0.546 e. The first kappa shape index (κ1) is 24.7. The molecule has 4 nitrogen and oxygen atoms in total. The summed E-state index contributed by atoms with van der Waals surface area (Å²) in [6.07, 6.45) is 0.149. The van der Waals surface area contributed by atoms with Gasteiger partial charge in [-0.3, -0.25) is 0 Å². The summed E-state index contributed by atoms with van der Waals surface area (Å²) in [4.78, 5) is 0. The Hall–Kier alpha value is -1.98. The number of rotatable bonds is 10. The summed E-state index contributed by atoms with van der Waals surface area (Å²) in [5.41, 5.74) is 3.41. The molecule has 3 atom stereocenters. The van der Waals surface area contributed by atoms with Crippen molar-refractivity contribution >= 4 is 0 Å². The maximum atomic E-state index is 6.34. The molecular formula is C27H29CuO4. The summed E-state index contributed by atoms with van der Waals surface area (Å²) in [6, 6.07) is 30.5. The Bertz CT molecular complexity index is 876. The van der Waals surface area contributed by atoms with E-state index < -0.39 is 0 Å². The molecule has 0 aliphatic carbocycles. The minimum atomic E-state index is -0.220. The van der Waals surface area contributed by atoms with E-state index in [0.717, 1.165) is 16.7 Å². The number of hydrogen-bond acceptors (Lipinski definition) is 4. The van der Waals surface area contributed by atoms with Crippen LogP contribution in [-0.2, 0) is 55.8 Å². The van der Waals surface area contributed by atoms with E-state index >= 15 is 0 Å². The molecule has 172 valence electrons. The van der Waals surface area contributed by atoms with Crippen molar-refractivity contribution in [1.29, 1.82) is 0 Å². The van der Waals surface area contributed by atoms with Crippen molar-refractivity contribution in [3.8, 4) is 0 Å². The first-order valence-corrected chi connectivity index (χ1v) is 10.8. The monoisotopic (exact) mass is 480 g/mol. The summed E-state index contributed by atoms with van der Waals surface area (Å²) in [7, 11) is 0. The molecule has 0 bridgehead atoms. The molecule has 32 heavy (non-hydrogen) atoms. The minimum absolute atomic E-state index is 0. The van der Waals surface area contributed by atoms with Crippen LogP contribution in [0.5, 0.6) is 0 Å². The molecule has 0 saturated carbocycles. The van der Waals surface area contributed by atoms with Gasteiger partial charge in [-0.2, -0.15) is 0 Å². The van der Waals surface area contributed by atoms with Gasteiger partial charge in [-0.1, -0.05) is 91.0 Å². The van der Waals surface area contributed by atoms with Crippen molar-refractivity contribution in [3.63, 3.8) is 0 Å². The summed E-state index contributed by atoms with van der Waals surface area (Å²) >= 11 is 0. The van der Waals surface area contributed by atoms with Gasteiger partial charge < -0.3 is 18.9 Å². The van der Waals surface area contributed by atoms with E-state index in [4.69, 9.17) is 18.9 Å². The molecule has 0 radical (unpaired) electrons. The molecular weight excluding hydrogens is 452 g/mol. The molecule has 1 aliphatic rings. The van der Waals surface area contributed by atoms with Gasteiger partial charge in [0.05, 0.1) is 38.6 Å². The Morgan fingerprint density at radius 2 is 1.19 bits per heavy atom. The molecule has 1 fully saturated rings. The first-order chi connectivity index (χ1) is 15.4. The third-order valence-corrected chi connectivity index (χ3v) is 5.32. The average Bonchev–Trinajstić information content (AvgIpc) is 2.84. The Morgan fingerprint density at radius 1 is 0.688 bits per heavy atom. The quantitative estimate of drug-likeness (QED) is 0.290. The van der Waals surface area contributed by atoms with E-state index in [1.807, 2.05) is 61.2 Å². The van der Waals surface area contributed by atoms with Crippen LogP contribution in [0.3, 0.4) is 0 Å². The molecule has 3 aromatic carbocycles. The van der Waals surface area contributed by atoms with Gasteiger partial charge in [0.25, 0.3) is 0 Å². The van der Waals surface area contributed by atoms with E-state index in [1.54, 1.807) is 0 Å². The molecule has 1 aliphatic heterocycles. The summed E-state index contributed by atoms with van der Waals surface area (Å²) in [5.74, 6) is 0. The second-order valence-corrected chi connectivity index (χ2v) is 7.67. The van der Waals surface area contributed by atoms with Crippen LogP contribution >= 0.6 is 0 Å². The van der Waals surface area contributed by atoms with Crippen LogP contribution in [0.2, 0.25) is 0 Å². The Kier molecular flexibility index (Phi) is 10.4. The van der Waals surface area contributed by atoms with E-state index in [-0.39, 0.29) is 35.4 Å². The Balaban J connectivity index is 0.00000289. The van der Waals surface area contributed by atoms with Crippen molar-refractivity contribution in [2.75, 3.05) is 6.61 Å². The van der Waals surface area contributed by atoms with Crippen molar-refractivity contribution in [3.05, 3.63) is 114 Å². The SMILES string of the molecule is [Cu+].c1ccc(COC[C@H]2O[CH-]C[C@@H](OCc3ccccc3)[C@@H]2OCc2ccccc2)cc1. The van der Waals surface area contributed by atoms with Crippen molar-refractivity contribution in [2.24, 2.45) is 0 Å².